The molecule has 0 bridgehead atoms. The monoisotopic (exact) mass is 285 g/mol. The van der Waals surface area contributed by atoms with Gasteiger partial charge in [-0.25, -0.2) is 4.98 Å². The van der Waals surface area contributed by atoms with Gasteiger partial charge in [-0.05, 0) is 25.0 Å². The minimum Gasteiger partial charge on any atom is -0.342 e. The molecule has 1 saturated heterocycles. The Morgan fingerprint density at radius 2 is 2.10 bits per heavy atom. The van der Waals surface area contributed by atoms with E-state index in [9.17, 15) is 4.79 Å². The zero-order valence-electron chi connectivity index (χ0n) is 13.0. The van der Waals surface area contributed by atoms with Crippen molar-refractivity contribution >= 4 is 16.9 Å². The molecule has 1 aliphatic rings. The standard InChI is InChI=1S/C17H23N3O/c1-4-20-15-8-6-5-7-14(15)18-17(20)13-9-16(21)19(11-13)10-12(2)3/h5-8,12-13H,4,9-11H2,1-3H3/t13-/m0/s1. The van der Waals surface area contributed by atoms with Crippen LogP contribution in [0.1, 0.15) is 38.9 Å². The molecule has 1 aliphatic heterocycles. The zero-order valence-corrected chi connectivity index (χ0v) is 13.0. The van der Waals surface area contributed by atoms with Crippen LogP contribution in [0.3, 0.4) is 0 Å². The van der Waals surface area contributed by atoms with Gasteiger partial charge in [-0.15, -0.1) is 0 Å². The molecule has 2 aromatic rings. The fraction of sp³-hybridized carbons (Fsp3) is 0.529. The molecule has 0 aliphatic carbocycles. The topological polar surface area (TPSA) is 38.1 Å². The number of hydrogen-bond donors (Lipinski definition) is 0. The van der Waals surface area contributed by atoms with E-state index in [1.165, 1.54) is 5.52 Å². The van der Waals surface area contributed by atoms with Gasteiger partial charge in [0, 0.05) is 32.0 Å². The van der Waals surface area contributed by atoms with Crippen LogP contribution in [-0.2, 0) is 11.3 Å². The molecule has 1 fully saturated rings. The molecular weight excluding hydrogens is 262 g/mol. The number of aryl methyl sites for hydroxylation is 1. The van der Waals surface area contributed by atoms with Crippen molar-refractivity contribution in [2.45, 2.75) is 39.7 Å². The van der Waals surface area contributed by atoms with E-state index in [0.717, 1.165) is 31.0 Å². The third-order valence-corrected chi connectivity index (χ3v) is 4.17. The number of amides is 1. The number of aromatic nitrogens is 2. The highest BCUT2D eigenvalue weighted by molar-refractivity contribution is 5.80. The van der Waals surface area contributed by atoms with Gasteiger partial charge in [-0.2, -0.15) is 0 Å². The summed E-state index contributed by atoms with van der Waals surface area (Å²) in [5, 5.41) is 0. The summed E-state index contributed by atoms with van der Waals surface area (Å²) in [6.07, 6.45) is 0.593. The van der Waals surface area contributed by atoms with Crippen molar-refractivity contribution in [1.82, 2.24) is 14.5 Å². The number of fused-ring (bicyclic) bond motifs is 1. The van der Waals surface area contributed by atoms with Crippen molar-refractivity contribution in [3.05, 3.63) is 30.1 Å². The highest BCUT2D eigenvalue weighted by Gasteiger charge is 2.33. The average molecular weight is 285 g/mol. The Bertz CT molecular complexity index is 659. The molecule has 0 saturated carbocycles. The van der Waals surface area contributed by atoms with Gasteiger partial charge in [0.1, 0.15) is 5.82 Å². The Morgan fingerprint density at radius 1 is 1.33 bits per heavy atom. The summed E-state index contributed by atoms with van der Waals surface area (Å²) in [6, 6.07) is 8.22. The first-order valence-electron chi connectivity index (χ1n) is 7.83. The van der Waals surface area contributed by atoms with Crippen molar-refractivity contribution in [3.8, 4) is 0 Å². The fourth-order valence-electron chi connectivity index (χ4n) is 3.30. The maximum Gasteiger partial charge on any atom is 0.223 e. The summed E-state index contributed by atoms with van der Waals surface area (Å²) in [4.78, 5) is 19.0. The summed E-state index contributed by atoms with van der Waals surface area (Å²) in [5.41, 5.74) is 2.20. The summed E-state index contributed by atoms with van der Waals surface area (Å²) in [6.45, 7) is 9.00. The van der Waals surface area contributed by atoms with Crippen molar-refractivity contribution in [1.29, 1.82) is 0 Å². The van der Waals surface area contributed by atoms with Gasteiger partial charge in [0.25, 0.3) is 0 Å². The predicted molar refractivity (Wildman–Crippen MR) is 84.2 cm³/mol. The average Bonchev–Trinajstić information content (AvgIpc) is 2.99. The Kier molecular flexibility index (Phi) is 3.70. The highest BCUT2D eigenvalue weighted by Crippen LogP contribution is 2.30. The van der Waals surface area contributed by atoms with Crippen molar-refractivity contribution in [3.63, 3.8) is 0 Å². The van der Waals surface area contributed by atoms with Crippen LogP contribution in [0.15, 0.2) is 24.3 Å². The van der Waals surface area contributed by atoms with Gasteiger partial charge in [0.2, 0.25) is 5.91 Å². The van der Waals surface area contributed by atoms with Gasteiger partial charge in [0.15, 0.2) is 0 Å². The number of rotatable bonds is 4. The lowest BCUT2D eigenvalue weighted by Crippen LogP contribution is -2.29. The van der Waals surface area contributed by atoms with E-state index < -0.39 is 0 Å². The molecule has 4 heteroatoms. The summed E-state index contributed by atoms with van der Waals surface area (Å²) < 4.78 is 2.26. The first-order valence-corrected chi connectivity index (χ1v) is 7.83. The fourth-order valence-corrected chi connectivity index (χ4v) is 3.30. The molecule has 112 valence electrons. The van der Waals surface area contributed by atoms with Crippen LogP contribution < -0.4 is 0 Å². The number of imidazole rings is 1. The number of nitrogens with zero attached hydrogens (tertiary/aromatic N) is 3. The van der Waals surface area contributed by atoms with Crippen LogP contribution in [0.4, 0.5) is 0 Å². The maximum absolute atomic E-state index is 12.2. The van der Waals surface area contributed by atoms with E-state index in [1.54, 1.807) is 0 Å². The summed E-state index contributed by atoms with van der Waals surface area (Å²) in [5.74, 6) is 2.07. The SMILES string of the molecule is CCn1c([C@H]2CC(=O)N(CC(C)C)C2)nc2ccccc21. The normalized spacial score (nSPS) is 19.1. The number of carbonyl (C=O) groups is 1. The molecule has 2 heterocycles. The molecule has 0 radical (unpaired) electrons. The van der Waals surface area contributed by atoms with E-state index >= 15 is 0 Å². The molecule has 4 nitrogen and oxygen atoms in total. The van der Waals surface area contributed by atoms with Crippen molar-refractivity contribution in [2.24, 2.45) is 5.92 Å². The second kappa shape index (κ2) is 5.51. The maximum atomic E-state index is 12.2. The molecule has 21 heavy (non-hydrogen) atoms. The largest absolute Gasteiger partial charge is 0.342 e. The van der Waals surface area contributed by atoms with E-state index in [1.807, 2.05) is 23.1 Å². The van der Waals surface area contributed by atoms with Crippen LogP contribution in [-0.4, -0.2) is 33.4 Å². The first-order chi connectivity index (χ1) is 10.1. The van der Waals surface area contributed by atoms with E-state index in [-0.39, 0.29) is 11.8 Å². The number of carbonyl (C=O) groups excluding carboxylic acids is 1. The molecule has 1 aromatic carbocycles. The quantitative estimate of drug-likeness (QED) is 0.866. The Balaban J connectivity index is 1.92. The lowest BCUT2D eigenvalue weighted by Gasteiger charge is -2.19. The van der Waals surface area contributed by atoms with Crippen molar-refractivity contribution in [2.75, 3.05) is 13.1 Å². The highest BCUT2D eigenvalue weighted by atomic mass is 16.2. The smallest absolute Gasteiger partial charge is 0.223 e. The third kappa shape index (κ3) is 2.55. The van der Waals surface area contributed by atoms with E-state index in [2.05, 4.69) is 31.4 Å². The predicted octanol–water partition coefficient (Wildman–Crippen LogP) is 3.03. The van der Waals surface area contributed by atoms with Crippen LogP contribution in [0.2, 0.25) is 0 Å². The molecule has 1 atom stereocenters. The molecule has 1 aromatic heterocycles. The van der Waals surface area contributed by atoms with Gasteiger partial charge >= 0.3 is 0 Å². The molecule has 0 N–H and O–H groups in total. The molecule has 0 unspecified atom stereocenters. The number of benzene rings is 1. The summed E-state index contributed by atoms with van der Waals surface area (Å²) in [7, 11) is 0. The van der Waals surface area contributed by atoms with Gasteiger partial charge < -0.3 is 9.47 Å². The second-order valence-corrected chi connectivity index (χ2v) is 6.30. The second-order valence-electron chi connectivity index (χ2n) is 6.30. The number of likely N-dealkylation sites (tertiary alicyclic amines) is 1. The Morgan fingerprint density at radius 3 is 2.81 bits per heavy atom. The first kappa shape index (κ1) is 14.1. The zero-order chi connectivity index (χ0) is 15.0. The number of para-hydroxylation sites is 2. The van der Waals surface area contributed by atoms with Crippen LogP contribution >= 0.6 is 0 Å². The van der Waals surface area contributed by atoms with Crippen LogP contribution in [0, 0.1) is 5.92 Å². The van der Waals surface area contributed by atoms with Gasteiger partial charge in [0.05, 0.1) is 11.0 Å². The lowest BCUT2D eigenvalue weighted by molar-refractivity contribution is -0.128. The molecule has 0 spiro atoms. The summed E-state index contributed by atoms with van der Waals surface area (Å²) >= 11 is 0. The van der Waals surface area contributed by atoms with E-state index in [0.29, 0.717) is 12.3 Å². The van der Waals surface area contributed by atoms with Crippen molar-refractivity contribution < 1.29 is 4.79 Å². The van der Waals surface area contributed by atoms with Gasteiger partial charge in [-0.1, -0.05) is 26.0 Å². The minimum atomic E-state index is 0.226. The van der Waals surface area contributed by atoms with Gasteiger partial charge in [-0.3, -0.25) is 4.79 Å². The van der Waals surface area contributed by atoms with Crippen LogP contribution in [0.25, 0.3) is 11.0 Å². The molecular formula is C17H23N3O. The Labute approximate surface area is 125 Å². The third-order valence-electron chi connectivity index (χ3n) is 4.17. The Hall–Kier alpha value is -1.84. The molecule has 1 amide bonds. The van der Waals surface area contributed by atoms with Crippen LogP contribution in [0.5, 0.6) is 0 Å². The minimum absolute atomic E-state index is 0.226. The molecule has 3 rings (SSSR count). The number of hydrogen-bond acceptors (Lipinski definition) is 2. The van der Waals surface area contributed by atoms with E-state index in [4.69, 9.17) is 4.98 Å². The lowest BCUT2D eigenvalue weighted by atomic mass is 10.1.